The van der Waals surface area contributed by atoms with Crippen molar-refractivity contribution < 1.29 is 14.3 Å². The Bertz CT molecular complexity index is 353. The van der Waals surface area contributed by atoms with Crippen LogP contribution in [-0.4, -0.2) is 28.9 Å². The second-order valence-corrected chi connectivity index (χ2v) is 4.48. The van der Waals surface area contributed by atoms with Crippen LogP contribution in [0.4, 0.5) is 4.79 Å². The van der Waals surface area contributed by atoms with Crippen molar-refractivity contribution in [3.8, 4) is 0 Å². The van der Waals surface area contributed by atoms with Crippen LogP contribution in [0.2, 0.25) is 0 Å². The molecule has 1 unspecified atom stereocenters. The zero-order valence-electron chi connectivity index (χ0n) is 9.64. The molecule has 5 nitrogen and oxygen atoms in total. The van der Waals surface area contributed by atoms with Crippen LogP contribution in [0.15, 0.2) is 24.0 Å². The summed E-state index contributed by atoms with van der Waals surface area (Å²) in [5, 5.41) is 0. The summed E-state index contributed by atoms with van der Waals surface area (Å²) in [6.45, 7) is 5.27. The number of carbonyl (C=O) groups is 2. The van der Waals surface area contributed by atoms with Gasteiger partial charge in [0.1, 0.15) is 17.9 Å². The van der Waals surface area contributed by atoms with Crippen LogP contribution in [-0.2, 0) is 9.53 Å². The Morgan fingerprint density at radius 3 is 2.69 bits per heavy atom. The number of nitrogens with zero attached hydrogens (tertiary/aromatic N) is 1. The van der Waals surface area contributed by atoms with E-state index in [2.05, 4.69) is 0 Å². The minimum Gasteiger partial charge on any atom is -0.443 e. The maximum Gasteiger partial charge on any atom is 0.415 e. The number of nitrogens with two attached hydrogens (primary N) is 1. The average Bonchev–Trinajstić information content (AvgIpc) is 2.14. The van der Waals surface area contributed by atoms with Crippen molar-refractivity contribution in [2.75, 3.05) is 0 Å². The first-order valence-corrected chi connectivity index (χ1v) is 4.95. The molecule has 0 aromatic rings. The van der Waals surface area contributed by atoms with Crippen molar-refractivity contribution in [3.63, 3.8) is 0 Å². The van der Waals surface area contributed by atoms with Crippen LogP contribution in [0.5, 0.6) is 0 Å². The number of aldehydes is 1. The molecule has 0 radical (unpaired) electrons. The molecular formula is C11H16N2O3. The van der Waals surface area contributed by atoms with Crippen molar-refractivity contribution in [1.82, 2.24) is 4.90 Å². The second-order valence-electron chi connectivity index (χ2n) is 4.48. The van der Waals surface area contributed by atoms with E-state index in [4.69, 9.17) is 10.5 Å². The highest BCUT2D eigenvalue weighted by molar-refractivity contribution is 5.78. The Labute approximate surface area is 94.5 Å². The second kappa shape index (κ2) is 4.38. The third-order valence-electron chi connectivity index (χ3n) is 1.91. The lowest BCUT2D eigenvalue weighted by atomic mass is 10.1. The molecular weight excluding hydrogens is 208 g/mol. The van der Waals surface area contributed by atoms with Gasteiger partial charge in [0.05, 0.1) is 0 Å². The van der Waals surface area contributed by atoms with Gasteiger partial charge in [-0.3, -0.25) is 4.90 Å². The van der Waals surface area contributed by atoms with Crippen molar-refractivity contribution in [2.45, 2.75) is 32.4 Å². The fourth-order valence-corrected chi connectivity index (χ4v) is 1.23. The lowest BCUT2D eigenvalue weighted by Crippen LogP contribution is -2.44. The van der Waals surface area contributed by atoms with Crippen molar-refractivity contribution in [3.05, 3.63) is 24.0 Å². The van der Waals surface area contributed by atoms with E-state index in [1.54, 1.807) is 32.9 Å². The van der Waals surface area contributed by atoms with Gasteiger partial charge in [0.2, 0.25) is 0 Å². The Morgan fingerprint density at radius 1 is 1.56 bits per heavy atom. The number of hydrogen-bond donors (Lipinski definition) is 1. The van der Waals surface area contributed by atoms with E-state index in [0.29, 0.717) is 12.0 Å². The molecule has 2 N–H and O–H groups in total. The van der Waals surface area contributed by atoms with Gasteiger partial charge in [-0.1, -0.05) is 0 Å². The van der Waals surface area contributed by atoms with Gasteiger partial charge >= 0.3 is 6.09 Å². The van der Waals surface area contributed by atoms with Gasteiger partial charge in [-0.25, -0.2) is 4.79 Å². The smallest absolute Gasteiger partial charge is 0.415 e. The maximum atomic E-state index is 11.7. The third-order valence-corrected chi connectivity index (χ3v) is 1.91. The SMILES string of the molecule is CC(C)(C)OC(=O)N1C=CC=C(N)C1C=O. The minimum absolute atomic E-state index is 0.323. The fraction of sp³-hybridized carbons (Fsp3) is 0.455. The summed E-state index contributed by atoms with van der Waals surface area (Å²) in [5.74, 6) is 0. The Kier molecular flexibility index (Phi) is 3.37. The topological polar surface area (TPSA) is 72.6 Å². The normalized spacial score (nSPS) is 20.3. The molecule has 0 aliphatic carbocycles. The first-order chi connectivity index (χ1) is 7.35. The van der Waals surface area contributed by atoms with Gasteiger partial charge < -0.3 is 15.3 Å². The first-order valence-electron chi connectivity index (χ1n) is 4.95. The average molecular weight is 224 g/mol. The van der Waals surface area contributed by atoms with Gasteiger partial charge in [0, 0.05) is 11.9 Å². The molecule has 5 heteroatoms. The highest BCUT2D eigenvalue weighted by atomic mass is 16.6. The lowest BCUT2D eigenvalue weighted by molar-refractivity contribution is -0.110. The third kappa shape index (κ3) is 2.85. The molecule has 0 saturated heterocycles. The molecule has 0 aromatic heterocycles. The van der Waals surface area contributed by atoms with Crippen LogP contribution in [0.3, 0.4) is 0 Å². The summed E-state index contributed by atoms with van der Waals surface area (Å²) in [6.07, 6.45) is 4.68. The molecule has 16 heavy (non-hydrogen) atoms. The molecule has 88 valence electrons. The highest BCUT2D eigenvalue weighted by Gasteiger charge is 2.29. The molecule has 0 aromatic carbocycles. The van der Waals surface area contributed by atoms with Crippen molar-refractivity contribution >= 4 is 12.4 Å². The van der Waals surface area contributed by atoms with Crippen molar-refractivity contribution in [1.29, 1.82) is 0 Å². The molecule has 0 spiro atoms. The fourth-order valence-electron chi connectivity index (χ4n) is 1.23. The van der Waals surface area contributed by atoms with Gasteiger partial charge in [-0.15, -0.1) is 0 Å². The zero-order chi connectivity index (χ0) is 12.3. The van der Waals surface area contributed by atoms with Gasteiger partial charge in [-0.2, -0.15) is 0 Å². The molecule has 0 fully saturated rings. The van der Waals surface area contributed by atoms with Gasteiger partial charge in [0.15, 0.2) is 0 Å². The quantitative estimate of drug-likeness (QED) is 0.678. The highest BCUT2D eigenvalue weighted by Crippen LogP contribution is 2.16. The van der Waals surface area contributed by atoms with E-state index < -0.39 is 17.7 Å². The number of hydrogen-bond acceptors (Lipinski definition) is 4. The Morgan fingerprint density at radius 2 is 2.19 bits per heavy atom. The van der Waals surface area contributed by atoms with Crippen molar-refractivity contribution in [2.24, 2.45) is 5.73 Å². The molecule has 1 atom stereocenters. The largest absolute Gasteiger partial charge is 0.443 e. The Hall–Kier alpha value is -1.78. The predicted octanol–water partition coefficient (Wildman–Crippen LogP) is 1.16. The van der Waals surface area contributed by atoms with Crippen LogP contribution < -0.4 is 5.73 Å². The molecule has 1 aliphatic heterocycles. The predicted molar refractivity (Wildman–Crippen MR) is 59.3 cm³/mol. The van der Waals surface area contributed by atoms with E-state index in [1.807, 2.05) is 0 Å². The first kappa shape index (κ1) is 12.3. The Balaban J connectivity index is 2.81. The summed E-state index contributed by atoms with van der Waals surface area (Å²) in [5.41, 5.74) is 5.33. The van der Waals surface area contributed by atoms with E-state index in [1.165, 1.54) is 11.1 Å². The maximum absolute atomic E-state index is 11.7. The summed E-state index contributed by atoms with van der Waals surface area (Å²) in [6, 6.07) is -0.778. The van der Waals surface area contributed by atoms with Gasteiger partial charge in [-0.05, 0) is 32.9 Å². The number of rotatable bonds is 1. The van der Waals surface area contributed by atoms with E-state index >= 15 is 0 Å². The molecule has 1 rings (SSSR count). The minimum atomic E-state index is -0.778. The summed E-state index contributed by atoms with van der Waals surface area (Å²) < 4.78 is 5.15. The van der Waals surface area contributed by atoms with E-state index in [9.17, 15) is 9.59 Å². The van der Waals surface area contributed by atoms with Crippen LogP contribution in [0, 0.1) is 0 Å². The molecule has 1 amide bonds. The molecule has 1 aliphatic rings. The number of allylic oxidation sites excluding steroid dienone is 2. The monoisotopic (exact) mass is 224 g/mol. The summed E-state index contributed by atoms with van der Waals surface area (Å²) >= 11 is 0. The van der Waals surface area contributed by atoms with E-state index in [-0.39, 0.29) is 0 Å². The number of carbonyl (C=O) groups excluding carboxylic acids is 2. The summed E-state index contributed by atoms with van der Waals surface area (Å²) in [4.78, 5) is 23.8. The zero-order valence-corrected chi connectivity index (χ0v) is 9.64. The number of ether oxygens (including phenoxy) is 1. The van der Waals surface area contributed by atoms with E-state index in [0.717, 1.165) is 0 Å². The van der Waals surface area contributed by atoms with Crippen LogP contribution in [0.25, 0.3) is 0 Å². The lowest BCUT2D eigenvalue weighted by Gasteiger charge is -2.30. The van der Waals surface area contributed by atoms with Crippen LogP contribution >= 0.6 is 0 Å². The van der Waals surface area contributed by atoms with Gasteiger partial charge in [0.25, 0.3) is 0 Å². The standard InChI is InChI=1S/C11H16N2O3/c1-11(2,3)16-10(15)13-6-4-5-8(12)9(13)7-14/h4-7,9H,12H2,1-3H3. The van der Waals surface area contributed by atoms with Crippen LogP contribution in [0.1, 0.15) is 20.8 Å². The molecule has 1 heterocycles. The summed E-state index contributed by atoms with van der Waals surface area (Å²) in [7, 11) is 0. The molecule has 0 saturated carbocycles. The number of amides is 1. The molecule has 0 bridgehead atoms.